The van der Waals surface area contributed by atoms with E-state index < -0.39 is 17.3 Å². The van der Waals surface area contributed by atoms with Crippen molar-refractivity contribution < 1.29 is 32.5 Å². The third kappa shape index (κ3) is 3.68. The van der Waals surface area contributed by atoms with Crippen LogP contribution in [0, 0.1) is 5.92 Å². The topological polar surface area (TPSA) is 59.0 Å². The average Bonchev–Trinajstić information content (AvgIpc) is 3.32. The summed E-state index contributed by atoms with van der Waals surface area (Å²) in [5, 5.41) is 11.0. The van der Waals surface area contributed by atoms with Gasteiger partial charge in [-0.05, 0) is 54.7 Å². The molecule has 8 heteroatoms. The minimum atomic E-state index is -4.44. The number of ether oxygens (including phenoxy) is 2. The van der Waals surface area contributed by atoms with Gasteiger partial charge in [0.15, 0.2) is 17.3 Å². The highest BCUT2D eigenvalue weighted by molar-refractivity contribution is 6.03. The van der Waals surface area contributed by atoms with Crippen molar-refractivity contribution in [2.45, 2.75) is 31.0 Å². The molecule has 1 fully saturated rings. The van der Waals surface area contributed by atoms with E-state index in [4.69, 9.17) is 9.47 Å². The molecule has 0 saturated carbocycles. The number of hydrogen-bond acceptors (Lipinski definition) is 5. The summed E-state index contributed by atoms with van der Waals surface area (Å²) in [5.74, 6) is 1.15. The molecule has 2 aromatic carbocycles. The SMILES string of the molecule is O=C1c2cc3c(cc2CC1CN1CCC(O)(c2cccc(C(F)(F)F)c2)CC1)OCO3. The Kier molecular flexibility index (Phi) is 4.75. The summed E-state index contributed by atoms with van der Waals surface area (Å²) in [6.07, 6.45) is -3.18. The molecule has 1 N–H and O–H groups in total. The number of likely N-dealkylation sites (tertiary alicyclic amines) is 1. The number of piperidine rings is 1. The molecule has 31 heavy (non-hydrogen) atoms. The lowest BCUT2D eigenvalue weighted by atomic mass is 9.83. The summed E-state index contributed by atoms with van der Waals surface area (Å²) >= 11 is 0. The zero-order chi connectivity index (χ0) is 21.8. The zero-order valence-corrected chi connectivity index (χ0v) is 16.7. The summed E-state index contributed by atoms with van der Waals surface area (Å²) < 4.78 is 49.9. The second kappa shape index (κ2) is 7.24. The number of ketones is 1. The number of rotatable bonds is 3. The van der Waals surface area contributed by atoms with Crippen molar-refractivity contribution in [1.29, 1.82) is 0 Å². The van der Waals surface area contributed by atoms with Gasteiger partial charge in [0.2, 0.25) is 6.79 Å². The largest absolute Gasteiger partial charge is 0.454 e. The summed E-state index contributed by atoms with van der Waals surface area (Å²) in [5.41, 5.74) is -0.130. The smallest absolute Gasteiger partial charge is 0.416 e. The number of Topliss-reactive ketones (excluding diaryl/α,β-unsaturated/α-hetero) is 1. The fourth-order valence-electron chi connectivity index (χ4n) is 4.80. The van der Waals surface area contributed by atoms with Crippen molar-refractivity contribution in [3.05, 3.63) is 58.7 Å². The number of carbonyl (C=O) groups excluding carboxylic acids is 1. The molecule has 3 aliphatic rings. The minimum Gasteiger partial charge on any atom is -0.454 e. The molecule has 5 nitrogen and oxygen atoms in total. The van der Waals surface area contributed by atoms with E-state index in [1.54, 1.807) is 12.1 Å². The van der Waals surface area contributed by atoms with Gasteiger partial charge in [0.25, 0.3) is 0 Å². The molecule has 0 spiro atoms. The maximum Gasteiger partial charge on any atom is 0.416 e. The van der Waals surface area contributed by atoms with E-state index in [9.17, 15) is 23.1 Å². The Morgan fingerprint density at radius 1 is 1.10 bits per heavy atom. The highest BCUT2D eigenvalue weighted by Gasteiger charge is 2.39. The van der Waals surface area contributed by atoms with E-state index >= 15 is 0 Å². The first-order valence-corrected chi connectivity index (χ1v) is 10.3. The number of alkyl halides is 3. The zero-order valence-electron chi connectivity index (χ0n) is 16.7. The van der Waals surface area contributed by atoms with E-state index in [1.165, 1.54) is 6.07 Å². The quantitative estimate of drug-likeness (QED) is 0.799. The van der Waals surface area contributed by atoms with Crippen molar-refractivity contribution >= 4 is 5.78 Å². The van der Waals surface area contributed by atoms with Gasteiger partial charge in [0.05, 0.1) is 11.2 Å². The van der Waals surface area contributed by atoms with Crippen molar-refractivity contribution in [1.82, 2.24) is 4.90 Å². The molecule has 2 aromatic rings. The van der Waals surface area contributed by atoms with Crippen LogP contribution in [-0.2, 0) is 18.2 Å². The predicted molar refractivity (Wildman–Crippen MR) is 105 cm³/mol. The van der Waals surface area contributed by atoms with Crippen LogP contribution < -0.4 is 9.47 Å². The van der Waals surface area contributed by atoms with Crippen LogP contribution in [0.4, 0.5) is 13.2 Å². The van der Waals surface area contributed by atoms with Crippen molar-refractivity contribution in [2.24, 2.45) is 5.92 Å². The number of benzene rings is 2. The average molecular weight is 433 g/mol. The molecule has 0 aromatic heterocycles. The van der Waals surface area contributed by atoms with Gasteiger partial charge in [-0.3, -0.25) is 4.79 Å². The van der Waals surface area contributed by atoms with Gasteiger partial charge in [-0.25, -0.2) is 0 Å². The molecule has 1 atom stereocenters. The van der Waals surface area contributed by atoms with Crippen LogP contribution in [0.3, 0.4) is 0 Å². The van der Waals surface area contributed by atoms with Gasteiger partial charge in [-0.15, -0.1) is 0 Å². The van der Waals surface area contributed by atoms with E-state index in [-0.39, 0.29) is 18.5 Å². The molecule has 0 radical (unpaired) electrons. The Bertz CT molecular complexity index is 1030. The third-order valence-electron chi connectivity index (χ3n) is 6.59. The van der Waals surface area contributed by atoms with Gasteiger partial charge < -0.3 is 19.5 Å². The Hall–Kier alpha value is -2.58. The summed E-state index contributed by atoms with van der Waals surface area (Å²) in [6.45, 7) is 1.74. The van der Waals surface area contributed by atoms with Crippen molar-refractivity contribution in [3.8, 4) is 11.5 Å². The lowest BCUT2D eigenvalue weighted by Crippen LogP contribution is -2.45. The van der Waals surface area contributed by atoms with Crippen LogP contribution in [0.2, 0.25) is 0 Å². The molecule has 5 rings (SSSR count). The Labute approximate surface area is 177 Å². The summed E-state index contributed by atoms with van der Waals surface area (Å²) in [4.78, 5) is 15.0. The molecule has 2 heterocycles. The van der Waals surface area contributed by atoms with E-state index in [2.05, 4.69) is 4.90 Å². The van der Waals surface area contributed by atoms with Crippen molar-refractivity contribution in [2.75, 3.05) is 26.4 Å². The van der Waals surface area contributed by atoms with Crippen molar-refractivity contribution in [3.63, 3.8) is 0 Å². The van der Waals surface area contributed by atoms with E-state index in [0.29, 0.717) is 61.5 Å². The second-order valence-electron chi connectivity index (χ2n) is 8.54. The molecular formula is C23H22F3NO4. The lowest BCUT2D eigenvalue weighted by molar-refractivity contribution is -0.137. The summed E-state index contributed by atoms with van der Waals surface area (Å²) in [7, 11) is 0. The number of carbonyl (C=O) groups is 1. The number of fused-ring (bicyclic) bond motifs is 2. The number of halogens is 3. The van der Waals surface area contributed by atoms with E-state index in [1.807, 2.05) is 6.07 Å². The first kappa shape index (κ1) is 20.3. The molecule has 2 aliphatic heterocycles. The second-order valence-corrected chi connectivity index (χ2v) is 8.54. The van der Waals surface area contributed by atoms with Gasteiger partial charge in [-0.1, -0.05) is 12.1 Å². The van der Waals surface area contributed by atoms with Crippen LogP contribution in [0.5, 0.6) is 11.5 Å². The number of hydrogen-bond donors (Lipinski definition) is 1. The lowest BCUT2D eigenvalue weighted by Gasteiger charge is -2.39. The molecule has 0 amide bonds. The Balaban J connectivity index is 1.24. The molecular weight excluding hydrogens is 411 g/mol. The molecule has 1 saturated heterocycles. The number of aliphatic hydroxyl groups is 1. The van der Waals surface area contributed by atoms with Crippen LogP contribution in [0.1, 0.15) is 39.9 Å². The first-order chi connectivity index (χ1) is 14.7. The van der Waals surface area contributed by atoms with Gasteiger partial charge in [-0.2, -0.15) is 13.2 Å². The maximum atomic E-state index is 13.0. The molecule has 0 bridgehead atoms. The fraction of sp³-hybridized carbons (Fsp3) is 0.435. The predicted octanol–water partition coefficient (Wildman–Crippen LogP) is 3.77. The molecule has 1 aliphatic carbocycles. The number of nitrogens with zero attached hydrogens (tertiary/aromatic N) is 1. The van der Waals surface area contributed by atoms with Crippen LogP contribution >= 0.6 is 0 Å². The molecule has 1 unspecified atom stereocenters. The van der Waals surface area contributed by atoms with E-state index in [0.717, 1.165) is 17.7 Å². The Morgan fingerprint density at radius 2 is 1.81 bits per heavy atom. The Morgan fingerprint density at radius 3 is 2.52 bits per heavy atom. The molecule has 164 valence electrons. The normalized spacial score (nSPS) is 22.6. The fourth-order valence-corrected chi connectivity index (χ4v) is 4.80. The monoisotopic (exact) mass is 433 g/mol. The first-order valence-electron chi connectivity index (χ1n) is 10.3. The third-order valence-corrected chi connectivity index (χ3v) is 6.59. The van der Waals surface area contributed by atoms with Gasteiger partial charge in [0, 0.05) is 31.1 Å². The highest BCUT2D eigenvalue weighted by atomic mass is 19.4. The standard InChI is InChI=1S/C23H22F3NO4/c24-23(25,26)17-3-1-2-16(10-17)22(29)4-6-27(7-5-22)12-15-8-14-9-19-20(31-13-30-19)11-18(14)21(15)28/h1-3,9-11,15,29H,4-8,12-13H2. The van der Waals surface area contributed by atoms with Gasteiger partial charge in [0.1, 0.15) is 0 Å². The van der Waals surface area contributed by atoms with Crippen LogP contribution in [-0.4, -0.2) is 42.2 Å². The van der Waals surface area contributed by atoms with Gasteiger partial charge >= 0.3 is 6.18 Å². The maximum absolute atomic E-state index is 13.0. The van der Waals surface area contributed by atoms with Crippen LogP contribution in [0.25, 0.3) is 0 Å². The summed E-state index contributed by atoms with van der Waals surface area (Å²) in [6, 6.07) is 8.56. The highest BCUT2D eigenvalue weighted by Crippen LogP contribution is 2.41. The van der Waals surface area contributed by atoms with Crippen LogP contribution in [0.15, 0.2) is 36.4 Å². The minimum absolute atomic E-state index is 0.0759.